The molecule has 1 fully saturated rings. The van der Waals surface area contributed by atoms with E-state index in [1.807, 2.05) is 37.4 Å². The molecule has 2 N–H and O–H groups in total. The van der Waals surface area contributed by atoms with Gasteiger partial charge >= 0.3 is 6.09 Å². The number of amides is 2. The van der Waals surface area contributed by atoms with Crippen LogP contribution in [0.25, 0.3) is 11.1 Å². The van der Waals surface area contributed by atoms with Gasteiger partial charge in [-0.1, -0.05) is 30.3 Å². The van der Waals surface area contributed by atoms with Crippen LogP contribution < -0.4 is 10.6 Å². The van der Waals surface area contributed by atoms with Crippen molar-refractivity contribution in [3.05, 3.63) is 54.1 Å². The number of likely N-dealkylation sites (tertiary alicyclic amines) is 1. The van der Waals surface area contributed by atoms with E-state index >= 15 is 0 Å². The van der Waals surface area contributed by atoms with Crippen LogP contribution in [0.2, 0.25) is 0 Å². The highest BCUT2D eigenvalue weighted by molar-refractivity contribution is 5.96. The quantitative estimate of drug-likeness (QED) is 0.917. The van der Waals surface area contributed by atoms with Crippen molar-refractivity contribution in [1.82, 2.24) is 4.90 Å². The number of rotatable bonds is 4. The molecular weight excluding hydrogens is 330 g/mol. The molecule has 0 spiro atoms. The molecule has 0 aliphatic carbocycles. The summed E-state index contributed by atoms with van der Waals surface area (Å²) in [6, 6.07) is 14.6. The molecule has 3 rings (SSSR count). The molecule has 0 saturated carbocycles. The largest absolute Gasteiger partial charge is 0.444 e. The van der Waals surface area contributed by atoms with Crippen LogP contribution in [0.3, 0.4) is 0 Å². The summed E-state index contributed by atoms with van der Waals surface area (Å²) < 4.78 is 5.62. The second-order valence-electron chi connectivity index (χ2n) is 6.58. The predicted molar refractivity (Wildman–Crippen MR) is 101 cm³/mol. The number of carbonyl (C=O) groups is 2. The molecule has 2 aromatic rings. The van der Waals surface area contributed by atoms with Gasteiger partial charge < -0.3 is 15.4 Å². The van der Waals surface area contributed by atoms with Crippen molar-refractivity contribution in [2.24, 2.45) is 5.73 Å². The highest BCUT2D eigenvalue weighted by atomic mass is 16.6. The van der Waals surface area contributed by atoms with Crippen LogP contribution in [0.1, 0.15) is 16.8 Å². The van der Waals surface area contributed by atoms with Crippen LogP contribution in [0, 0.1) is 0 Å². The van der Waals surface area contributed by atoms with Crippen molar-refractivity contribution in [1.29, 1.82) is 0 Å². The molecule has 2 amide bonds. The van der Waals surface area contributed by atoms with Crippen LogP contribution in [0.5, 0.6) is 0 Å². The van der Waals surface area contributed by atoms with Crippen molar-refractivity contribution in [2.45, 2.75) is 12.5 Å². The summed E-state index contributed by atoms with van der Waals surface area (Å²) in [6.07, 6.45) is 0.377. The van der Waals surface area contributed by atoms with Gasteiger partial charge in [0.15, 0.2) is 0 Å². The smallest absolute Gasteiger partial charge is 0.414 e. The molecule has 1 aliphatic heterocycles. The predicted octanol–water partition coefficient (Wildman–Crippen LogP) is 2.73. The lowest BCUT2D eigenvalue weighted by molar-refractivity contribution is 0.0999. The van der Waals surface area contributed by atoms with Crippen LogP contribution in [0.4, 0.5) is 10.5 Å². The second-order valence-corrected chi connectivity index (χ2v) is 6.58. The van der Waals surface area contributed by atoms with Crippen molar-refractivity contribution in [3.63, 3.8) is 0 Å². The molecular formula is C20H23N3O3. The second kappa shape index (κ2) is 7.58. The monoisotopic (exact) mass is 353 g/mol. The fourth-order valence-electron chi connectivity index (χ4n) is 3.16. The average molecular weight is 353 g/mol. The van der Waals surface area contributed by atoms with Gasteiger partial charge in [-0.2, -0.15) is 0 Å². The Hall–Kier alpha value is -2.86. The normalized spacial score (nSPS) is 17.1. The lowest BCUT2D eigenvalue weighted by atomic mass is 10.0. The van der Waals surface area contributed by atoms with E-state index in [-0.39, 0.29) is 12.2 Å². The summed E-state index contributed by atoms with van der Waals surface area (Å²) in [6.45, 7) is 1.68. The van der Waals surface area contributed by atoms with Gasteiger partial charge in [-0.05, 0) is 37.2 Å². The number of hydrogen-bond donors (Lipinski definition) is 1. The van der Waals surface area contributed by atoms with E-state index in [2.05, 4.69) is 4.90 Å². The Balaban J connectivity index is 1.85. The Labute approximate surface area is 153 Å². The van der Waals surface area contributed by atoms with Gasteiger partial charge in [-0.15, -0.1) is 0 Å². The molecule has 0 radical (unpaired) electrons. The Morgan fingerprint density at radius 3 is 2.65 bits per heavy atom. The number of nitrogens with two attached hydrogens (primary N) is 1. The molecule has 6 nitrogen and oxygen atoms in total. The van der Waals surface area contributed by atoms with Gasteiger partial charge in [-0.3, -0.25) is 9.69 Å². The zero-order valence-electron chi connectivity index (χ0n) is 15.0. The number of carbonyl (C=O) groups excluding carboxylic acids is 2. The molecule has 0 aromatic heterocycles. The minimum absolute atomic E-state index is 0.0831. The zero-order chi connectivity index (χ0) is 18.7. The first-order chi connectivity index (χ1) is 12.5. The van der Waals surface area contributed by atoms with Crippen molar-refractivity contribution >= 4 is 17.7 Å². The molecule has 2 aromatic carbocycles. The number of primary amides is 1. The van der Waals surface area contributed by atoms with E-state index in [1.165, 1.54) is 4.90 Å². The number of para-hydroxylation sites is 1. The third kappa shape index (κ3) is 3.86. The lowest BCUT2D eigenvalue weighted by Crippen LogP contribution is -2.32. The van der Waals surface area contributed by atoms with E-state index in [9.17, 15) is 9.59 Å². The minimum Gasteiger partial charge on any atom is -0.444 e. The highest BCUT2D eigenvalue weighted by Crippen LogP contribution is 2.31. The number of likely N-dealkylation sites (N-methyl/N-ethyl adjacent to an activating group) is 1. The van der Waals surface area contributed by atoms with Crippen LogP contribution in [-0.4, -0.2) is 50.2 Å². The minimum atomic E-state index is -0.484. The molecule has 1 aliphatic rings. The number of benzene rings is 2. The van der Waals surface area contributed by atoms with Crippen LogP contribution in [-0.2, 0) is 4.74 Å². The summed E-state index contributed by atoms with van der Waals surface area (Å²) in [7, 11) is 3.70. The Morgan fingerprint density at radius 1 is 1.19 bits per heavy atom. The fourth-order valence-corrected chi connectivity index (χ4v) is 3.16. The van der Waals surface area contributed by atoms with Crippen molar-refractivity contribution in [2.75, 3.05) is 32.1 Å². The maximum atomic E-state index is 12.6. The first-order valence-electron chi connectivity index (χ1n) is 8.58. The molecule has 26 heavy (non-hydrogen) atoms. The molecule has 0 bridgehead atoms. The SMILES string of the molecule is CN1CC[C@@H](OC(=O)N(C)c2ccccc2-c2cccc(C(N)=O)c2)C1. The number of hydrogen-bond acceptors (Lipinski definition) is 4. The molecule has 1 saturated heterocycles. The summed E-state index contributed by atoms with van der Waals surface area (Å²) in [5.74, 6) is -0.484. The van der Waals surface area contributed by atoms with Gasteiger partial charge in [0.25, 0.3) is 0 Å². The Morgan fingerprint density at radius 2 is 1.96 bits per heavy atom. The van der Waals surface area contributed by atoms with Gasteiger partial charge in [0.1, 0.15) is 6.10 Å². The molecule has 1 atom stereocenters. The first kappa shape index (κ1) is 17.9. The summed E-state index contributed by atoms with van der Waals surface area (Å²) in [4.78, 5) is 27.7. The maximum absolute atomic E-state index is 12.6. The fraction of sp³-hybridized carbons (Fsp3) is 0.300. The standard InChI is InChI=1S/C20H23N3O3/c1-22-11-10-16(13-22)26-20(25)23(2)18-9-4-3-8-17(18)14-6-5-7-15(12-14)19(21)24/h3-9,12,16H,10-11,13H2,1-2H3,(H2,21,24)/t16-/m1/s1. The van der Waals surface area contributed by atoms with E-state index in [0.717, 1.165) is 30.6 Å². The zero-order valence-corrected chi connectivity index (χ0v) is 15.0. The number of nitrogens with zero attached hydrogens (tertiary/aromatic N) is 2. The molecule has 6 heteroatoms. The van der Waals surface area contributed by atoms with E-state index in [0.29, 0.717) is 11.3 Å². The van der Waals surface area contributed by atoms with E-state index < -0.39 is 5.91 Å². The van der Waals surface area contributed by atoms with Crippen LogP contribution >= 0.6 is 0 Å². The summed E-state index contributed by atoms with van der Waals surface area (Å²) in [5, 5.41) is 0. The topological polar surface area (TPSA) is 75.9 Å². The van der Waals surface area contributed by atoms with Gasteiger partial charge in [0, 0.05) is 31.3 Å². The van der Waals surface area contributed by atoms with Crippen LogP contribution in [0.15, 0.2) is 48.5 Å². The molecule has 136 valence electrons. The highest BCUT2D eigenvalue weighted by Gasteiger charge is 2.25. The number of anilines is 1. The van der Waals surface area contributed by atoms with Gasteiger partial charge in [0.05, 0.1) is 5.69 Å². The molecule has 1 heterocycles. The van der Waals surface area contributed by atoms with Gasteiger partial charge in [0.2, 0.25) is 5.91 Å². The maximum Gasteiger partial charge on any atom is 0.414 e. The average Bonchev–Trinajstić information content (AvgIpc) is 3.05. The third-order valence-electron chi connectivity index (χ3n) is 4.61. The summed E-state index contributed by atoms with van der Waals surface area (Å²) in [5.41, 5.74) is 8.17. The van der Waals surface area contributed by atoms with E-state index in [4.69, 9.17) is 10.5 Å². The lowest BCUT2D eigenvalue weighted by Gasteiger charge is -2.22. The van der Waals surface area contributed by atoms with Crippen molar-refractivity contribution < 1.29 is 14.3 Å². The van der Waals surface area contributed by atoms with E-state index in [1.54, 1.807) is 25.2 Å². The van der Waals surface area contributed by atoms with Gasteiger partial charge in [-0.25, -0.2) is 4.79 Å². The Kier molecular flexibility index (Phi) is 5.23. The Bertz CT molecular complexity index is 821. The number of ether oxygens (including phenoxy) is 1. The summed E-state index contributed by atoms with van der Waals surface area (Å²) >= 11 is 0. The first-order valence-corrected chi connectivity index (χ1v) is 8.58. The van der Waals surface area contributed by atoms with Crippen molar-refractivity contribution in [3.8, 4) is 11.1 Å². The third-order valence-corrected chi connectivity index (χ3v) is 4.61. The molecule has 0 unspecified atom stereocenters.